The third-order valence-electron chi connectivity index (χ3n) is 19.2. The summed E-state index contributed by atoms with van der Waals surface area (Å²) in [5.41, 5.74) is 0. The third kappa shape index (κ3) is 75.0. The topological polar surface area (TPSA) is 95.9 Å². The molecule has 0 aliphatic heterocycles. The smallest absolute Gasteiger partial charge is 0.305 e. The molecule has 0 radical (unpaired) electrons. The Morgan fingerprint density at radius 3 is 0.854 bits per heavy atom. The molecule has 0 aromatic carbocycles. The number of hydrogen-bond acceptors (Lipinski definition) is 5. The van der Waals surface area contributed by atoms with Gasteiger partial charge in [-0.15, -0.1) is 0 Å². The van der Waals surface area contributed by atoms with E-state index in [1.54, 1.807) is 6.08 Å². The van der Waals surface area contributed by atoms with Crippen LogP contribution in [0.15, 0.2) is 36.5 Å². The number of amides is 1. The van der Waals surface area contributed by atoms with Gasteiger partial charge < -0.3 is 20.3 Å². The van der Waals surface area contributed by atoms with Crippen molar-refractivity contribution in [1.29, 1.82) is 0 Å². The number of rotatable bonds is 77. The van der Waals surface area contributed by atoms with Gasteiger partial charge in [-0.3, -0.25) is 9.59 Å². The van der Waals surface area contributed by atoms with Gasteiger partial charge in [0.15, 0.2) is 0 Å². The van der Waals surface area contributed by atoms with Crippen LogP contribution in [-0.2, 0) is 14.3 Å². The summed E-state index contributed by atoms with van der Waals surface area (Å²) in [7, 11) is 0. The highest BCUT2D eigenvalue weighted by Crippen LogP contribution is 2.20. The summed E-state index contributed by atoms with van der Waals surface area (Å²) in [5, 5.41) is 23.3. The van der Waals surface area contributed by atoms with Crippen LogP contribution in [0.25, 0.3) is 0 Å². The van der Waals surface area contributed by atoms with Crippen molar-refractivity contribution in [3.63, 3.8) is 0 Å². The Hall–Kier alpha value is -1.92. The molecule has 2 unspecified atom stereocenters. The molecule has 6 heteroatoms. The molecule has 0 saturated heterocycles. The van der Waals surface area contributed by atoms with Crippen molar-refractivity contribution in [3.05, 3.63) is 36.5 Å². The zero-order chi connectivity index (χ0) is 64.2. The highest BCUT2D eigenvalue weighted by Gasteiger charge is 2.18. The first-order valence-corrected chi connectivity index (χ1v) is 40.8. The normalized spacial score (nSPS) is 12.6. The second-order valence-corrected chi connectivity index (χ2v) is 28.1. The van der Waals surface area contributed by atoms with Crippen molar-refractivity contribution in [2.75, 3.05) is 13.2 Å². The van der Waals surface area contributed by atoms with Gasteiger partial charge in [0, 0.05) is 12.8 Å². The van der Waals surface area contributed by atoms with Gasteiger partial charge in [0.2, 0.25) is 5.91 Å². The summed E-state index contributed by atoms with van der Waals surface area (Å²) >= 11 is 0. The van der Waals surface area contributed by atoms with Crippen molar-refractivity contribution in [2.24, 2.45) is 0 Å². The first-order chi connectivity index (χ1) is 44.0. The summed E-state index contributed by atoms with van der Waals surface area (Å²) in [6.07, 6.45) is 103. The summed E-state index contributed by atoms with van der Waals surface area (Å²) in [6.45, 7) is 4.95. The number of nitrogens with one attached hydrogen (secondary N) is 1. The van der Waals surface area contributed by atoms with Crippen LogP contribution in [0.3, 0.4) is 0 Å². The number of aliphatic hydroxyl groups excluding tert-OH is 2. The molecular formula is C83H159NO5. The average molecular weight is 1250 g/mol. The molecule has 89 heavy (non-hydrogen) atoms. The van der Waals surface area contributed by atoms with E-state index in [-0.39, 0.29) is 18.5 Å². The van der Waals surface area contributed by atoms with Gasteiger partial charge in [0.1, 0.15) is 0 Å². The van der Waals surface area contributed by atoms with E-state index in [0.717, 1.165) is 44.9 Å². The van der Waals surface area contributed by atoms with E-state index in [9.17, 15) is 19.8 Å². The largest absolute Gasteiger partial charge is 0.466 e. The lowest BCUT2D eigenvalue weighted by molar-refractivity contribution is -0.143. The van der Waals surface area contributed by atoms with Crippen LogP contribution in [0, 0.1) is 0 Å². The fourth-order valence-electron chi connectivity index (χ4n) is 13.0. The van der Waals surface area contributed by atoms with Gasteiger partial charge in [-0.05, 0) is 64.2 Å². The lowest BCUT2D eigenvalue weighted by Gasteiger charge is -2.20. The maximum Gasteiger partial charge on any atom is 0.305 e. The van der Waals surface area contributed by atoms with Crippen LogP contribution in [0.1, 0.15) is 457 Å². The number of unbranched alkanes of at least 4 members (excludes halogenated alkanes) is 62. The second-order valence-electron chi connectivity index (χ2n) is 28.1. The molecule has 3 N–H and O–H groups in total. The van der Waals surface area contributed by atoms with E-state index in [2.05, 4.69) is 43.5 Å². The van der Waals surface area contributed by atoms with E-state index in [1.807, 2.05) is 6.08 Å². The lowest BCUT2D eigenvalue weighted by Crippen LogP contribution is -2.45. The van der Waals surface area contributed by atoms with Gasteiger partial charge in [0.25, 0.3) is 0 Å². The Morgan fingerprint density at radius 2 is 0.562 bits per heavy atom. The number of hydrogen-bond donors (Lipinski definition) is 3. The van der Waals surface area contributed by atoms with Gasteiger partial charge in [-0.2, -0.15) is 0 Å². The van der Waals surface area contributed by atoms with Gasteiger partial charge in [0.05, 0.1) is 25.4 Å². The van der Waals surface area contributed by atoms with Gasteiger partial charge >= 0.3 is 5.97 Å². The Kier molecular flexibility index (Phi) is 76.8. The zero-order valence-corrected chi connectivity index (χ0v) is 60.4. The number of aliphatic hydroxyl groups is 2. The van der Waals surface area contributed by atoms with Crippen molar-refractivity contribution in [2.45, 2.75) is 469 Å². The Bertz CT molecular complexity index is 1440. The van der Waals surface area contributed by atoms with E-state index in [0.29, 0.717) is 19.4 Å². The van der Waals surface area contributed by atoms with Crippen molar-refractivity contribution in [1.82, 2.24) is 5.32 Å². The molecule has 0 aliphatic rings. The molecule has 0 fully saturated rings. The molecule has 0 heterocycles. The standard InChI is InChI=1S/C83H159NO5/c1-3-5-7-9-11-13-15-16-17-18-19-20-21-37-40-43-46-49-52-56-59-63-67-71-75-81(86)80(79-85)84-82(87)76-72-68-64-60-57-53-50-47-44-41-38-35-33-31-29-27-25-23-22-24-26-28-30-32-34-36-39-42-45-48-51-54-58-62-66-70-74-78-89-83(88)77-73-69-65-61-55-14-12-10-8-6-4-2/h22,24,28,30,71,75,80-81,85-86H,3-21,23,25-27,29,31-70,72-74,76-79H2,1-2H3,(H,84,87)/b24-22-,30-28-,75-71+. The highest BCUT2D eigenvalue weighted by molar-refractivity contribution is 5.76. The minimum atomic E-state index is -0.844. The molecule has 0 spiro atoms. The van der Waals surface area contributed by atoms with Crippen LogP contribution in [0.4, 0.5) is 0 Å². The monoisotopic (exact) mass is 1250 g/mol. The van der Waals surface area contributed by atoms with Crippen molar-refractivity contribution < 1.29 is 24.5 Å². The molecule has 6 nitrogen and oxygen atoms in total. The second kappa shape index (κ2) is 78.5. The predicted molar refractivity (Wildman–Crippen MR) is 393 cm³/mol. The Labute approximate surface area is 557 Å². The Balaban J connectivity index is 3.39. The first-order valence-electron chi connectivity index (χ1n) is 40.8. The number of carbonyl (C=O) groups excluding carboxylic acids is 2. The minimum absolute atomic E-state index is 0.0189. The van der Waals surface area contributed by atoms with Crippen LogP contribution in [-0.4, -0.2) is 47.4 Å². The average Bonchev–Trinajstić information content (AvgIpc) is 3.67. The summed E-state index contributed by atoms with van der Waals surface area (Å²) in [5.74, 6) is -0.0412. The highest BCUT2D eigenvalue weighted by atomic mass is 16.5. The number of esters is 1. The van der Waals surface area contributed by atoms with Gasteiger partial charge in [-0.25, -0.2) is 0 Å². The quantitative estimate of drug-likeness (QED) is 0.0320. The van der Waals surface area contributed by atoms with E-state index in [4.69, 9.17) is 4.74 Å². The number of carbonyl (C=O) groups is 2. The van der Waals surface area contributed by atoms with E-state index < -0.39 is 12.1 Å². The fraction of sp³-hybridized carbons (Fsp3) is 0.904. The molecule has 1 amide bonds. The molecule has 0 saturated carbocycles. The van der Waals surface area contributed by atoms with Crippen molar-refractivity contribution >= 4 is 11.9 Å². The lowest BCUT2D eigenvalue weighted by atomic mass is 10.0. The minimum Gasteiger partial charge on any atom is -0.466 e. The summed E-state index contributed by atoms with van der Waals surface area (Å²) < 4.78 is 5.48. The number of ether oxygens (including phenoxy) is 1. The summed E-state index contributed by atoms with van der Waals surface area (Å²) in [4.78, 5) is 24.6. The Morgan fingerprint density at radius 1 is 0.315 bits per heavy atom. The predicted octanol–water partition coefficient (Wildman–Crippen LogP) is 27.0. The molecule has 0 rings (SSSR count). The molecule has 526 valence electrons. The van der Waals surface area contributed by atoms with Crippen LogP contribution in [0.2, 0.25) is 0 Å². The third-order valence-corrected chi connectivity index (χ3v) is 19.2. The molecule has 2 atom stereocenters. The first kappa shape index (κ1) is 87.1. The zero-order valence-electron chi connectivity index (χ0n) is 60.4. The molecule has 0 aromatic rings. The van der Waals surface area contributed by atoms with Crippen molar-refractivity contribution in [3.8, 4) is 0 Å². The van der Waals surface area contributed by atoms with Crippen LogP contribution < -0.4 is 5.32 Å². The van der Waals surface area contributed by atoms with Gasteiger partial charge in [-0.1, -0.05) is 416 Å². The molecule has 0 aromatic heterocycles. The molecule has 0 bridgehead atoms. The van der Waals surface area contributed by atoms with E-state index in [1.165, 1.54) is 385 Å². The maximum absolute atomic E-state index is 12.6. The molecule has 0 aliphatic carbocycles. The van der Waals surface area contributed by atoms with E-state index >= 15 is 0 Å². The fourth-order valence-corrected chi connectivity index (χ4v) is 13.0. The number of allylic oxidation sites excluding steroid dienone is 5. The maximum atomic E-state index is 12.6. The summed E-state index contributed by atoms with van der Waals surface area (Å²) in [6, 6.07) is -0.627. The SMILES string of the molecule is CCCCCCCCCCCCCCCCCCCCCCCC/C=C/C(O)C(CO)NC(=O)CCCCCCCCCCCCCCCCCCC/C=C\C/C=C\CCCCCCCCCCCCCCCOC(=O)CCCCCCCCCCCCC. The molecular weight excluding hydrogens is 1090 g/mol. The van der Waals surface area contributed by atoms with Crippen LogP contribution >= 0.6 is 0 Å². The van der Waals surface area contributed by atoms with Crippen LogP contribution in [0.5, 0.6) is 0 Å².